The Bertz CT molecular complexity index is 536. The number of ether oxygens (including phenoxy) is 2. The minimum atomic E-state index is -0.181. The third kappa shape index (κ3) is 5.75. The smallest absolute Gasteiger partial charge is 0.193 e. The largest absolute Gasteiger partial charge is 0.381 e. The first kappa shape index (κ1) is 21.5. The number of methoxy groups -OCH3 is 1. The highest BCUT2D eigenvalue weighted by molar-refractivity contribution is 14.0. The third-order valence-electron chi connectivity index (χ3n) is 4.34. The second kappa shape index (κ2) is 10.4. The van der Waals surface area contributed by atoms with E-state index >= 15 is 0 Å². The van der Waals surface area contributed by atoms with Crippen LogP contribution in [-0.2, 0) is 16.0 Å². The lowest BCUT2D eigenvalue weighted by Gasteiger charge is -2.37. The second-order valence-corrected chi connectivity index (χ2v) is 6.25. The molecule has 0 radical (unpaired) electrons. The topological polar surface area (TPSA) is 46.1 Å². The van der Waals surface area contributed by atoms with Crippen molar-refractivity contribution >= 4 is 41.5 Å². The van der Waals surface area contributed by atoms with Gasteiger partial charge in [0.15, 0.2) is 5.96 Å². The maximum absolute atomic E-state index is 6.24. The minimum absolute atomic E-state index is 0. The highest BCUT2D eigenvalue weighted by Gasteiger charge is 2.32. The lowest BCUT2D eigenvalue weighted by atomic mass is 9.94. The van der Waals surface area contributed by atoms with Gasteiger partial charge in [0.2, 0.25) is 0 Å². The van der Waals surface area contributed by atoms with Crippen LogP contribution >= 0.6 is 35.6 Å². The van der Waals surface area contributed by atoms with Crippen molar-refractivity contribution in [3.63, 3.8) is 0 Å². The van der Waals surface area contributed by atoms with E-state index in [1.54, 1.807) is 14.2 Å². The molecule has 0 atom stereocenters. The first-order valence-electron chi connectivity index (χ1n) is 7.88. The van der Waals surface area contributed by atoms with E-state index in [4.69, 9.17) is 21.1 Å². The van der Waals surface area contributed by atoms with Crippen molar-refractivity contribution in [2.24, 2.45) is 4.99 Å². The van der Waals surface area contributed by atoms with E-state index in [1.165, 1.54) is 0 Å². The summed E-state index contributed by atoms with van der Waals surface area (Å²) in [7, 11) is 5.56. The predicted molar refractivity (Wildman–Crippen MR) is 109 cm³/mol. The summed E-state index contributed by atoms with van der Waals surface area (Å²) >= 11 is 6.24. The SMILES string of the molecule is CN=C(NCC1(OC)CCOCC1)N(C)Cc1ccccc1Cl.I. The maximum Gasteiger partial charge on any atom is 0.193 e. The molecule has 0 aliphatic carbocycles. The Balaban J connectivity index is 0.00000288. The zero-order chi connectivity index (χ0) is 16.7. The van der Waals surface area contributed by atoms with Crippen LogP contribution in [0.1, 0.15) is 18.4 Å². The van der Waals surface area contributed by atoms with E-state index in [1.807, 2.05) is 31.3 Å². The number of rotatable bonds is 5. The normalized spacial score (nSPS) is 17.1. The van der Waals surface area contributed by atoms with Gasteiger partial charge in [0.1, 0.15) is 0 Å². The molecule has 1 aliphatic heterocycles. The molecule has 7 heteroatoms. The molecule has 1 N–H and O–H groups in total. The highest BCUT2D eigenvalue weighted by Crippen LogP contribution is 2.23. The van der Waals surface area contributed by atoms with Gasteiger partial charge in [0, 0.05) is 65.4 Å². The van der Waals surface area contributed by atoms with E-state index in [0.29, 0.717) is 13.1 Å². The minimum Gasteiger partial charge on any atom is -0.381 e. The van der Waals surface area contributed by atoms with E-state index in [-0.39, 0.29) is 29.6 Å². The molecule has 1 aromatic rings. The summed E-state index contributed by atoms with van der Waals surface area (Å²) in [6, 6.07) is 7.86. The van der Waals surface area contributed by atoms with Crippen molar-refractivity contribution in [3.8, 4) is 0 Å². The average molecular weight is 468 g/mol. The van der Waals surface area contributed by atoms with Gasteiger partial charge in [-0.2, -0.15) is 0 Å². The van der Waals surface area contributed by atoms with Crippen molar-refractivity contribution in [2.75, 3.05) is 41.0 Å². The molecule has 1 fully saturated rings. The number of aliphatic imine (C=N–C) groups is 1. The molecule has 2 rings (SSSR count). The van der Waals surface area contributed by atoms with Crippen LogP contribution in [0.4, 0.5) is 0 Å². The molecular formula is C17H27ClIN3O2. The zero-order valence-electron chi connectivity index (χ0n) is 14.5. The summed E-state index contributed by atoms with van der Waals surface area (Å²) in [5, 5.41) is 4.19. The maximum atomic E-state index is 6.24. The monoisotopic (exact) mass is 467 g/mol. The van der Waals surface area contributed by atoms with Crippen LogP contribution in [0.3, 0.4) is 0 Å². The van der Waals surface area contributed by atoms with Gasteiger partial charge in [0.25, 0.3) is 0 Å². The zero-order valence-corrected chi connectivity index (χ0v) is 17.6. The Morgan fingerprint density at radius 3 is 2.62 bits per heavy atom. The number of guanidine groups is 1. The van der Waals surface area contributed by atoms with Crippen molar-refractivity contribution in [1.29, 1.82) is 0 Å². The Kier molecular flexibility index (Phi) is 9.33. The van der Waals surface area contributed by atoms with Crippen molar-refractivity contribution in [3.05, 3.63) is 34.9 Å². The molecule has 1 aromatic carbocycles. The van der Waals surface area contributed by atoms with Crippen molar-refractivity contribution < 1.29 is 9.47 Å². The van der Waals surface area contributed by atoms with Gasteiger partial charge < -0.3 is 19.7 Å². The molecule has 0 unspecified atom stereocenters. The van der Waals surface area contributed by atoms with Gasteiger partial charge in [-0.15, -0.1) is 24.0 Å². The average Bonchev–Trinajstić information content (AvgIpc) is 2.58. The fourth-order valence-electron chi connectivity index (χ4n) is 2.78. The molecule has 0 aromatic heterocycles. The number of benzene rings is 1. The van der Waals surface area contributed by atoms with E-state index < -0.39 is 0 Å². The Morgan fingerprint density at radius 1 is 1.38 bits per heavy atom. The standard InChI is InChI=1S/C17H26ClN3O2.HI/c1-19-16(20-13-17(22-3)8-10-23-11-9-17)21(2)12-14-6-4-5-7-15(14)18;/h4-7H,8-13H2,1-3H3,(H,19,20);1H. The Hall–Kier alpha value is -0.570. The van der Waals surface area contributed by atoms with Gasteiger partial charge in [-0.3, -0.25) is 4.99 Å². The quantitative estimate of drug-likeness (QED) is 0.410. The molecule has 0 saturated carbocycles. The third-order valence-corrected chi connectivity index (χ3v) is 4.71. The number of nitrogens with one attached hydrogen (secondary N) is 1. The summed E-state index contributed by atoms with van der Waals surface area (Å²) in [6.45, 7) is 2.89. The summed E-state index contributed by atoms with van der Waals surface area (Å²) in [5.74, 6) is 0.827. The van der Waals surface area contributed by atoms with Gasteiger partial charge in [0.05, 0.1) is 5.60 Å². The number of hydrogen-bond donors (Lipinski definition) is 1. The van der Waals surface area contributed by atoms with Crippen LogP contribution in [0.25, 0.3) is 0 Å². The lowest BCUT2D eigenvalue weighted by Crippen LogP contribution is -2.50. The molecule has 0 bridgehead atoms. The van der Waals surface area contributed by atoms with E-state index in [2.05, 4.69) is 15.2 Å². The Morgan fingerprint density at radius 2 is 2.04 bits per heavy atom. The predicted octanol–water partition coefficient (Wildman–Crippen LogP) is 3.16. The summed E-state index contributed by atoms with van der Waals surface area (Å²) in [6.07, 6.45) is 1.78. The van der Waals surface area contributed by atoms with Gasteiger partial charge >= 0.3 is 0 Å². The van der Waals surface area contributed by atoms with E-state index in [0.717, 1.165) is 42.6 Å². The van der Waals surface area contributed by atoms with Gasteiger partial charge in [-0.05, 0) is 11.6 Å². The van der Waals surface area contributed by atoms with Crippen LogP contribution in [0.5, 0.6) is 0 Å². The molecule has 24 heavy (non-hydrogen) atoms. The first-order chi connectivity index (χ1) is 11.1. The lowest BCUT2D eigenvalue weighted by molar-refractivity contribution is -0.0857. The molecule has 136 valence electrons. The van der Waals surface area contributed by atoms with Gasteiger partial charge in [-0.1, -0.05) is 29.8 Å². The molecule has 0 spiro atoms. The first-order valence-corrected chi connectivity index (χ1v) is 8.26. The van der Waals surface area contributed by atoms with Crippen LogP contribution in [0.15, 0.2) is 29.3 Å². The molecule has 0 amide bonds. The number of nitrogens with zero attached hydrogens (tertiary/aromatic N) is 2. The fourth-order valence-corrected chi connectivity index (χ4v) is 2.97. The van der Waals surface area contributed by atoms with Crippen LogP contribution < -0.4 is 5.32 Å². The summed E-state index contributed by atoms with van der Waals surface area (Å²) < 4.78 is 11.2. The Labute approximate surface area is 166 Å². The van der Waals surface area contributed by atoms with Crippen molar-refractivity contribution in [2.45, 2.75) is 25.0 Å². The van der Waals surface area contributed by atoms with Crippen LogP contribution in [0.2, 0.25) is 5.02 Å². The molecule has 5 nitrogen and oxygen atoms in total. The fraction of sp³-hybridized carbons (Fsp3) is 0.588. The van der Waals surface area contributed by atoms with Crippen molar-refractivity contribution in [1.82, 2.24) is 10.2 Å². The second-order valence-electron chi connectivity index (χ2n) is 5.85. The molecule has 1 saturated heterocycles. The molecule has 1 aliphatic rings. The van der Waals surface area contributed by atoms with Crippen LogP contribution in [0, 0.1) is 0 Å². The summed E-state index contributed by atoms with van der Waals surface area (Å²) in [4.78, 5) is 6.42. The number of hydrogen-bond acceptors (Lipinski definition) is 3. The highest BCUT2D eigenvalue weighted by atomic mass is 127. The molecular weight excluding hydrogens is 441 g/mol. The van der Waals surface area contributed by atoms with E-state index in [9.17, 15) is 0 Å². The van der Waals surface area contributed by atoms with Gasteiger partial charge in [-0.25, -0.2) is 0 Å². The summed E-state index contributed by atoms with van der Waals surface area (Å²) in [5.41, 5.74) is 0.895. The van der Waals surface area contributed by atoms with Crippen LogP contribution in [-0.4, -0.2) is 57.4 Å². The molecule has 1 heterocycles. The number of halogens is 2.